The van der Waals surface area contributed by atoms with Crippen LogP contribution in [0.5, 0.6) is 0 Å². The third kappa shape index (κ3) is 3.33. The van der Waals surface area contributed by atoms with Crippen LogP contribution in [0.1, 0.15) is 27.4 Å². The second-order valence-electron chi connectivity index (χ2n) is 6.63. The number of aryl methyl sites for hydroxylation is 4. The lowest BCUT2D eigenvalue weighted by molar-refractivity contribution is 0.884. The highest BCUT2D eigenvalue weighted by Crippen LogP contribution is 2.28. The van der Waals surface area contributed by atoms with Gasteiger partial charge in [-0.2, -0.15) is 0 Å². The van der Waals surface area contributed by atoms with E-state index in [9.17, 15) is 4.79 Å². The third-order valence-electron chi connectivity index (χ3n) is 4.66. The summed E-state index contributed by atoms with van der Waals surface area (Å²) in [5.41, 5.74) is 4.48. The molecular weight excluding hydrogens is 376 g/mol. The number of imidazole rings is 1. The molecule has 0 fully saturated rings. The Morgan fingerprint density at radius 1 is 1.22 bits per heavy atom. The normalized spacial score (nSPS) is 11.4. The first kappa shape index (κ1) is 18.0. The van der Waals surface area contributed by atoms with Gasteiger partial charge >= 0.3 is 0 Å². The van der Waals surface area contributed by atoms with Crippen LogP contribution in [0.15, 0.2) is 40.5 Å². The Balaban J connectivity index is 1.64. The molecule has 1 aromatic carbocycles. The van der Waals surface area contributed by atoms with Crippen molar-refractivity contribution >= 4 is 33.3 Å². The van der Waals surface area contributed by atoms with E-state index >= 15 is 0 Å². The van der Waals surface area contributed by atoms with Gasteiger partial charge in [-0.25, -0.2) is 9.97 Å². The molecule has 4 rings (SSSR count). The minimum Gasteiger partial charge on any atom is -0.309 e. The SMILES string of the molecule is Cc1ccc(C)c(-n2ccnc2SCc2nc3sc(C)c(C)c3c(=O)[nH]2)c1. The summed E-state index contributed by atoms with van der Waals surface area (Å²) in [5, 5.41) is 1.59. The van der Waals surface area contributed by atoms with Crippen LogP contribution >= 0.6 is 23.1 Å². The van der Waals surface area contributed by atoms with Crippen LogP contribution < -0.4 is 5.56 Å². The maximum absolute atomic E-state index is 12.4. The van der Waals surface area contributed by atoms with Gasteiger partial charge in [-0.1, -0.05) is 23.9 Å². The zero-order valence-corrected chi connectivity index (χ0v) is 17.3. The van der Waals surface area contributed by atoms with Crippen molar-refractivity contribution in [1.82, 2.24) is 19.5 Å². The first-order valence-electron chi connectivity index (χ1n) is 8.66. The standard InChI is InChI=1S/C20H20N4OS2/c1-11-5-6-12(2)15(9-11)24-8-7-21-20(24)26-10-16-22-18(25)17-13(3)14(4)27-19(17)23-16/h5-9H,10H2,1-4H3,(H,22,23,25). The summed E-state index contributed by atoms with van der Waals surface area (Å²) in [5.74, 6) is 1.23. The zero-order valence-electron chi connectivity index (χ0n) is 15.7. The zero-order chi connectivity index (χ0) is 19.1. The van der Waals surface area contributed by atoms with Crippen molar-refractivity contribution in [2.45, 2.75) is 38.6 Å². The molecule has 1 N–H and O–H groups in total. The Morgan fingerprint density at radius 2 is 2.04 bits per heavy atom. The maximum Gasteiger partial charge on any atom is 0.259 e. The van der Waals surface area contributed by atoms with Gasteiger partial charge in [0.2, 0.25) is 0 Å². The number of thiophene rings is 1. The van der Waals surface area contributed by atoms with Crippen molar-refractivity contribution in [3.05, 3.63) is 68.3 Å². The number of hydrogen-bond acceptors (Lipinski definition) is 5. The van der Waals surface area contributed by atoms with E-state index in [4.69, 9.17) is 0 Å². The van der Waals surface area contributed by atoms with Gasteiger partial charge in [-0.15, -0.1) is 11.3 Å². The van der Waals surface area contributed by atoms with E-state index in [-0.39, 0.29) is 5.56 Å². The molecule has 0 unspecified atom stereocenters. The lowest BCUT2D eigenvalue weighted by Crippen LogP contribution is -2.11. The first-order valence-corrected chi connectivity index (χ1v) is 10.5. The smallest absolute Gasteiger partial charge is 0.259 e. The summed E-state index contributed by atoms with van der Waals surface area (Å²) in [6.45, 7) is 8.18. The highest BCUT2D eigenvalue weighted by molar-refractivity contribution is 7.98. The molecule has 3 heterocycles. The number of rotatable bonds is 4. The van der Waals surface area contributed by atoms with Gasteiger partial charge in [-0.3, -0.25) is 9.36 Å². The lowest BCUT2D eigenvalue weighted by atomic mass is 10.1. The molecule has 0 aliphatic carbocycles. The van der Waals surface area contributed by atoms with Gasteiger partial charge in [0, 0.05) is 17.3 Å². The predicted octanol–water partition coefficient (Wildman–Crippen LogP) is 4.70. The fourth-order valence-corrected chi connectivity index (χ4v) is 4.94. The van der Waals surface area contributed by atoms with Gasteiger partial charge in [-0.05, 0) is 50.5 Å². The Kier molecular flexibility index (Phi) is 4.65. The van der Waals surface area contributed by atoms with Gasteiger partial charge in [0.05, 0.1) is 16.8 Å². The average Bonchev–Trinajstić information content (AvgIpc) is 3.20. The highest BCUT2D eigenvalue weighted by Gasteiger charge is 2.13. The number of aromatic nitrogens is 4. The van der Waals surface area contributed by atoms with Crippen LogP contribution in [0.2, 0.25) is 0 Å². The number of benzene rings is 1. The van der Waals surface area contributed by atoms with E-state index < -0.39 is 0 Å². The van der Waals surface area contributed by atoms with Crippen molar-refractivity contribution in [1.29, 1.82) is 0 Å². The van der Waals surface area contributed by atoms with Crippen LogP contribution in [0, 0.1) is 27.7 Å². The fourth-order valence-electron chi connectivity index (χ4n) is 3.06. The topological polar surface area (TPSA) is 63.6 Å². The second kappa shape index (κ2) is 6.98. The Labute approximate surface area is 165 Å². The van der Waals surface area contributed by atoms with Gasteiger partial charge in [0.1, 0.15) is 10.7 Å². The summed E-state index contributed by atoms with van der Waals surface area (Å²) in [6.07, 6.45) is 3.77. The van der Waals surface area contributed by atoms with Crippen molar-refractivity contribution in [2.24, 2.45) is 0 Å². The maximum atomic E-state index is 12.4. The molecule has 0 radical (unpaired) electrons. The first-order chi connectivity index (χ1) is 12.9. The molecule has 0 saturated heterocycles. The molecule has 27 heavy (non-hydrogen) atoms. The lowest BCUT2D eigenvalue weighted by Gasteiger charge is -2.11. The largest absolute Gasteiger partial charge is 0.309 e. The summed E-state index contributed by atoms with van der Waals surface area (Å²) in [7, 11) is 0. The Hall–Kier alpha value is -2.38. The van der Waals surface area contributed by atoms with E-state index in [0.717, 1.165) is 26.1 Å². The quantitative estimate of drug-likeness (QED) is 0.508. The number of thioether (sulfide) groups is 1. The monoisotopic (exact) mass is 396 g/mol. The Morgan fingerprint density at radius 3 is 2.85 bits per heavy atom. The summed E-state index contributed by atoms with van der Waals surface area (Å²) in [6, 6.07) is 6.38. The van der Waals surface area contributed by atoms with Crippen LogP contribution in [0.25, 0.3) is 15.9 Å². The molecule has 0 aliphatic heterocycles. The van der Waals surface area contributed by atoms with Crippen molar-refractivity contribution in [3.63, 3.8) is 0 Å². The van der Waals surface area contributed by atoms with Crippen molar-refractivity contribution in [2.75, 3.05) is 0 Å². The summed E-state index contributed by atoms with van der Waals surface area (Å²) >= 11 is 3.14. The van der Waals surface area contributed by atoms with Crippen molar-refractivity contribution in [3.8, 4) is 5.69 Å². The van der Waals surface area contributed by atoms with Gasteiger partial charge in [0.25, 0.3) is 5.56 Å². The van der Waals surface area contributed by atoms with Crippen LogP contribution in [0.4, 0.5) is 0 Å². The van der Waals surface area contributed by atoms with Gasteiger partial charge in [0.15, 0.2) is 5.16 Å². The number of fused-ring (bicyclic) bond motifs is 1. The summed E-state index contributed by atoms with van der Waals surface area (Å²) < 4.78 is 2.09. The molecule has 0 saturated carbocycles. The van der Waals surface area contributed by atoms with Crippen LogP contribution in [-0.2, 0) is 5.75 Å². The van der Waals surface area contributed by atoms with Crippen LogP contribution in [-0.4, -0.2) is 19.5 Å². The molecule has 0 atom stereocenters. The molecule has 5 nitrogen and oxygen atoms in total. The molecule has 0 spiro atoms. The average molecular weight is 397 g/mol. The third-order valence-corrected chi connectivity index (χ3v) is 6.74. The minimum absolute atomic E-state index is 0.0599. The van der Waals surface area contributed by atoms with E-state index in [2.05, 4.69) is 51.6 Å². The molecule has 0 aliphatic rings. The molecule has 138 valence electrons. The number of hydrogen-bond donors (Lipinski definition) is 1. The van der Waals surface area contributed by atoms with Gasteiger partial charge < -0.3 is 4.98 Å². The van der Waals surface area contributed by atoms with E-state index in [1.165, 1.54) is 11.1 Å². The summed E-state index contributed by atoms with van der Waals surface area (Å²) in [4.78, 5) is 26.5. The van der Waals surface area contributed by atoms with E-state index in [0.29, 0.717) is 17.0 Å². The predicted molar refractivity (Wildman–Crippen MR) is 112 cm³/mol. The second-order valence-corrected chi connectivity index (χ2v) is 8.78. The van der Waals surface area contributed by atoms with Crippen molar-refractivity contribution < 1.29 is 0 Å². The number of nitrogens with zero attached hydrogens (tertiary/aromatic N) is 3. The molecule has 7 heteroatoms. The van der Waals surface area contributed by atoms with E-state index in [1.807, 2.05) is 20.0 Å². The van der Waals surface area contributed by atoms with E-state index in [1.54, 1.807) is 29.3 Å². The molecule has 4 aromatic rings. The number of nitrogens with one attached hydrogen (secondary N) is 1. The van der Waals surface area contributed by atoms with Crippen LogP contribution in [0.3, 0.4) is 0 Å². The molecule has 0 amide bonds. The molecular formula is C20H20N4OS2. The fraction of sp³-hybridized carbons (Fsp3) is 0.250. The molecule has 3 aromatic heterocycles. The number of H-pyrrole nitrogens is 1. The Bertz CT molecular complexity index is 1200. The minimum atomic E-state index is -0.0599. The number of aromatic amines is 1. The molecule has 0 bridgehead atoms. The highest BCUT2D eigenvalue weighted by atomic mass is 32.2.